The third-order valence-corrected chi connectivity index (χ3v) is 4.20. The zero-order chi connectivity index (χ0) is 13.9. The predicted octanol–water partition coefficient (Wildman–Crippen LogP) is 3.92. The van der Waals surface area contributed by atoms with Gasteiger partial charge in [-0.3, -0.25) is 4.79 Å². The van der Waals surface area contributed by atoms with E-state index in [4.69, 9.17) is 9.15 Å². The van der Waals surface area contributed by atoms with E-state index in [2.05, 4.69) is 0 Å². The normalized spacial score (nSPS) is 16.4. The summed E-state index contributed by atoms with van der Waals surface area (Å²) in [5.41, 5.74) is 0.669. The first-order valence-corrected chi connectivity index (χ1v) is 7.37. The first-order chi connectivity index (χ1) is 9.76. The first-order valence-electron chi connectivity index (χ1n) is 7.37. The monoisotopic (exact) mass is 272 g/mol. The summed E-state index contributed by atoms with van der Waals surface area (Å²) in [6.45, 7) is 0. The van der Waals surface area contributed by atoms with Gasteiger partial charge in [0, 0.05) is 18.6 Å². The molecule has 0 unspecified atom stereocenters. The number of hydrogen-bond donors (Lipinski definition) is 0. The Labute approximate surface area is 118 Å². The molecule has 0 atom stereocenters. The van der Waals surface area contributed by atoms with E-state index < -0.39 is 0 Å². The van der Waals surface area contributed by atoms with Crippen LogP contribution in [0.4, 0.5) is 0 Å². The van der Waals surface area contributed by atoms with Gasteiger partial charge in [0.15, 0.2) is 5.43 Å². The molecule has 2 aromatic rings. The van der Waals surface area contributed by atoms with Crippen LogP contribution in [0.1, 0.15) is 37.9 Å². The molecular weight excluding hydrogens is 252 g/mol. The molecule has 1 fully saturated rings. The molecule has 0 aliphatic heterocycles. The van der Waals surface area contributed by atoms with Crippen molar-refractivity contribution in [2.45, 2.75) is 38.5 Å². The summed E-state index contributed by atoms with van der Waals surface area (Å²) in [5.74, 6) is 2.19. The number of methoxy groups -OCH3 is 1. The lowest BCUT2D eigenvalue weighted by atomic mass is 9.86. The van der Waals surface area contributed by atoms with Crippen LogP contribution in [-0.4, -0.2) is 7.11 Å². The average Bonchev–Trinajstić information content (AvgIpc) is 2.47. The number of ether oxygens (including phenoxy) is 1. The van der Waals surface area contributed by atoms with Crippen LogP contribution < -0.4 is 10.2 Å². The van der Waals surface area contributed by atoms with Gasteiger partial charge in [0.1, 0.15) is 17.1 Å². The summed E-state index contributed by atoms with van der Waals surface area (Å²) >= 11 is 0. The van der Waals surface area contributed by atoms with Gasteiger partial charge in [-0.15, -0.1) is 0 Å². The minimum absolute atomic E-state index is 0.0414. The van der Waals surface area contributed by atoms with Crippen molar-refractivity contribution in [3.05, 3.63) is 40.2 Å². The van der Waals surface area contributed by atoms with Crippen molar-refractivity contribution in [2.24, 2.45) is 5.92 Å². The molecule has 0 bridgehead atoms. The second kappa shape index (κ2) is 5.70. The van der Waals surface area contributed by atoms with Gasteiger partial charge in [-0.05, 0) is 18.1 Å². The zero-order valence-corrected chi connectivity index (χ0v) is 11.9. The summed E-state index contributed by atoms with van der Waals surface area (Å²) in [5, 5.41) is 0.623. The maximum Gasteiger partial charge on any atom is 0.192 e. The molecule has 3 heteroatoms. The van der Waals surface area contributed by atoms with Gasteiger partial charge in [-0.1, -0.05) is 32.1 Å². The van der Waals surface area contributed by atoms with Crippen LogP contribution in [0.3, 0.4) is 0 Å². The lowest BCUT2D eigenvalue weighted by Gasteiger charge is -2.20. The van der Waals surface area contributed by atoms with Crippen LogP contribution in [0.25, 0.3) is 11.0 Å². The van der Waals surface area contributed by atoms with E-state index in [0.717, 1.165) is 17.9 Å². The number of benzene rings is 1. The Morgan fingerprint density at radius 1 is 1.20 bits per heavy atom. The van der Waals surface area contributed by atoms with Gasteiger partial charge in [0.2, 0.25) is 0 Å². The lowest BCUT2D eigenvalue weighted by molar-refractivity contribution is 0.335. The van der Waals surface area contributed by atoms with Crippen LogP contribution in [0.5, 0.6) is 5.75 Å². The van der Waals surface area contributed by atoms with Crippen molar-refractivity contribution in [3.8, 4) is 5.75 Å². The SMILES string of the molecule is COc1ccc2c(=O)cc(CC3CCCCC3)oc2c1. The molecule has 0 N–H and O–H groups in total. The van der Waals surface area contributed by atoms with Crippen molar-refractivity contribution in [1.29, 1.82) is 0 Å². The molecular formula is C17H20O3. The summed E-state index contributed by atoms with van der Waals surface area (Å²) in [4.78, 5) is 12.1. The van der Waals surface area contributed by atoms with Gasteiger partial charge in [0.25, 0.3) is 0 Å². The van der Waals surface area contributed by atoms with Crippen LogP contribution >= 0.6 is 0 Å². The summed E-state index contributed by atoms with van der Waals surface area (Å²) in [6, 6.07) is 7.01. The second-order valence-corrected chi connectivity index (χ2v) is 5.65. The standard InChI is InChI=1S/C17H20O3/c1-19-13-7-8-15-16(18)10-14(20-17(15)11-13)9-12-5-3-2-4-6-12/h7-8,10-12H,2-6,9H2,1H3. The summed E-state index contributed by atoms with van der Waals surface area (Å²) in [7, 11) is 1.62. The Bertz CT molecular complexity index is 651. The Hall–Kier alpha value is -1.77. The van der Waals surface area contributed by atoms with E-state index in [0.29, 0.717) is 16.9 Å². The molecule has 0 saturated heterocycles. The molecule has 1 heterocycles. The average molecular weight is 272 g/mol. The van der Waals surface area contributed by atoms with Crippen molar-refractivity contribution in [2.75, 3.05) is 7.11 Å². The minimum Gasteiger partial charge on any atom is -0.497 e. The first kappa shape index (κ1) is 13.2. The fraction of sp³-hybridized carbons (Fsp3) is 0.471. The summed E-state index contributed by atoms with van der Waals surface area (Å²) < 4.78 is 11.1. The van der Waals surface area contributed by atoms with Crippen molar-refractivity contribution in [1.82, 2.24) is 0 Å². The summed E-state index contributed by atoms with van der Waals surface area (Å²) in [6.07, 6.45) is 7.32. The molecule has 106 valence electrons. The van der Waals surface area contributed by atoms with E-state index in [-0.39, 0.29) is 5.43 Å². The van der Waals surface area contributed by atoms with E-state index in [1.54, 1.807) is 31.4 Å². The maximum absolute atomic E-state index is 12.1. The number of fused-ring (bicyclic) bond motifs is 1. The topological polar surface area (TPSA) is 39.4 Å². The highest BCUT2D eigenvalue weighted by molar-refractivity contribution is 5.77. The molecule has 0 radical (unpaired) electrons. The van der Waals surface area contributed by atoms with Gasteiger partial charge >= 0.3 is 0 Å². The van der Waals surface area contributed by atoms with Crippen molar-refractivity contribution >= 4 is 11.0 Å². The Kier molecular flexibility index (Phi) is 3.77. The highest BCUT2D eigenvalue weighted by Gasteiger charge is 2.16. The lowest BCUT2D eigenvalue weighted by Crippen LogP contribution is -2.11. The number of hydrogen-bond acceptors (Lipinski definition) is 3. The maximum atomic E-state index is 12.1. The van der Waals surface area contributed by atoms with E-state index >= 15 is 0 Å². The molecule has 1 aliphatic carbocycles. The predicted molar refractivity (Wildman–Crippen MR) is 79.3 cm³/mol. The van der Waals surface area contributed by atoms with Crippen LogP contribution in [0.15, 0.2) is 33.5 Å². The number of rotatable bonds is 3. The van der Waals surface area contributed by atoms with Crippen LogP contribution in [0, 0.1) is 5.92 Å². The molecule has 3 nitrogen and oxygen atoms in total. The van der Waals surface area contributed by atoms with Gasteiger partial charge in [-0.25, -0.2) is 0 Å². The van der Waals surface area contributed by atoms with E-state index in [1.807, 2.05) is 0 Å². The molecule has 1 aromatic carbocycles. The minimum atomic E-state index is 0.0414. The third kappa shape index (κ3) is 2.72. The molecule has 20 heavy (non-hydrogen) atoms. The third-order valence-electron chi connectivity index (χ3n) is 4.20. The fourth-order valence-electron chi connectivity index (χ4n) is 3.09. The molecule has 0 spiro atoms. The van der Waals surface area contributed by atoms with Crippen molar-refractivity contribution in [3.63, 3.8) is 0 Å². The van der Waals surface area contributed by atoms with Crippen LogP contribution in [-0.2, 0) is 6.42 Å². The largest absolute Gasteiger partial charge is 0.497 e. The Morgan fingerprint density at radius 2 is 2.00 bits per heavy atom. The molecule has 1 saturated carbocycles. The van der Waals surface area contributed by atoms with Crippen LogP contribution in [0.2, 0.25) is 0 Å². The molecule has 1 aliphatic rings. The molecule has 1 aromatic heterocycles. The smallest absolute Gasteiger partial charge is 0.192 e. The van der Waals surface area contributed by atoms with Gasteiger partial charge in [0.05, 0.1) is 12.5 Å². The van der Waals surface area contributed by atoms with E-state index in [9.17, 15) is 4.79 Å². The van der Waals surface area contributed by atoms with E-state index in [1.165, 1.54) is 32.1 Å². The molecule has 3 rings (SSSR count). The van der Waals surface area contributed by atoms with Gasteiger partial charge in [-0.2, -0.15) is 0 Å². The zero-order valence-electron chi connectivity index (χ0n) is 11.9. The Balaban J connectivity index is 1.93. The highest BCUT2D eigenvalue weighted by atomic mass is 16.5. The Morgan fingerprint density at radius 3 is 2.75 bits per heavy atom. The highest BCUT2D eigenvalue weighted by Crippen LogP contribution is 2.27. The van der Waals surface area contributed by atoms with Crippen molar-refractivity contribution < 1.29 is 9.15 Å². The fourth-order valence-corrected chi connectivity index (χ4v) is 3.09. The quantitative estimate of drug-likeness (QED) is 0.850. The second-order valence-electron chi connectivity index (χ2n) is 5.65. The van der Waals surface area contributed by atoms with Gasteiger partial charge < -0.3 is 9.15 Å². The molecule has 0 amide bonds.